The van der Waals surface area contributed by atoms with Gasteiger partial charge >= 0.3 is 0 Å². The average molecular weight is 416 g/mol. The van der Waals surface area contributed by atoms with Crippen molar-refractivity contribution in [2.75, 3.05) is 6.54 Å². The Kier molecular flexibility index (Phi) is 6.52. The summed E-state index contributed by atoms with van der Waals surface area (Å²) >= 11 is 12.2. The minimum atomic E-state index is -0.0101. The molecule has 2 nitrogen and oxygen atoms in total. The Bertz CT molecular complexity index is 861. The smallest absolute Gasteiger partial charge is 0.223 e. The van der Waals surface area contributed by atoms with E-state index in [1.54, 1.807) is 0 Å². The van der Waals surface area contributed by atoms with Gasteiger partial charge in [0, 0.05) is 22.5 Å². The first-order valence-corrected chi connectivity index (χ1v) is 10.5. The molecule has 1 atom stereocenters. The first-order chi connectivity index (χ1) is 13.2. The summed E-state index contributed by atoms with van der Waals surface area (Å²) in [4.78, 5) is 12.8. The molecule has 1 aliphatic rings. The van der Waals surface area contributed by atoms with E-state index < -0.39 is 0 Å². The summed E-state index contributed by atoms with van der Waals surface area (Å²) in [5, 5.41) is 4.58. The van der Waals surface area contributed by atoms with Crippen molar-refractivity contribution in [1.82, 2.24) is 5.32 Å². The average Bonchev–Trinajstić information content (AvgIpc) is 2.66. The molecule has 28 heavy (non-hydrogen) atoms. The number of carbonyl (C=O) groups is 1. The lowest BCUT2D eigenvalue weighted by Gasteiger charge is -2.29. The molecule has 0 radical (unpaired) electrons. The fourth-order valence-corrected chi connectivity index (χ4v) is 3.83. The van der Waals surface area contributed by atoms with Gasteiger partial charge in [-0.1, -0.05) is 68.2 Å². The Morgan fingerprint density at radius 2 is 1.43 bits per heavy atom. The molecule has 1 unspecified atom stereocenters. The van der Waals surface area contributed by atoms with Gasteiger partial charge in [0.1, 0.15) is 0 Å². The maximum atomic E-state index is 12.8. The van der Waals surface area contributed by atoms with E-state index in [-0.39, 0.29) is 17.2 Å². The highest BCUT2D eigenvalue weighted by Gasteiger charge is 2.28. The van der Waals surface area contributed by atoms with Gasteiger partial charge in [-0.25, -0.2) is 0 Å². The van der Waals surface area contributed by atoms with Gasteiger partial charge in [-0.05, 0) is 71.2 Å². The maximum Gasteiger partial charge on any atom is 0.223 e. The van der Waals surface area contributed by atoms with E-state index in [1.165, 1.54) is 16.7 Å². The molecule has 148 valence electrons. The predicted molar refractivity (Wildman–Crippen MR) is 120 cm³/mol. The van der Waals surface area contributed by atoms with Crippen LogP contribution in [0.15, 0.2) is 48.5 Å². The van der Waals surface area contributed by atoms with E-state index in [0.717, 1.165) is 29.8 Å². The minimum Gasteiger partial charge on any atom is -0.355 e. The van der Waals surface area contributed by atoms with E-state index in [4.69, 9.17) is 23.2 Å². The topological polar surface area (TPSA) is 29.1 Å². The van der Waals surface area contributed by atoms with Crippen molar-refractivity contribution >= 4 is 40.3 Å². The van der Waals surface area contributed by atoms with Crippen LogP contribution < -0.4 is 5.32 Å². The number of benzene rings is 2. The molecule has 0 saturated carbocycles. The Labute approximate surface area is 177 Å². The number of allylic oxidation sites excluding steroid dienone is 2. The highest BCUT2D eigenvalue weighted by molar-refractivity contribution is 6.31. The number of halogens is 2. The molecular weight excluding hydrogens is 389 g/mol. The van der Waals surface area contributed by atoms with Crippen LogP contribution in [0.4, 0.5) is 0 Å². The van der Waals surface area contributed by atoms with Gasteiger partial charge in [0.15, 0.2) is 0 Å². The summed E-state index contributed by atoms with van der Waals surface area (Å²) in [7, 11) is 0. The Morgan fingerprint density at radius 3 is 1.93 bits per heavy atom. The van der Waals surface area contributed by atoms with Crippen molar-refractivity contribution in [2.45, 2.75) is 40.0 Å². The van der Waals surface area contributed by atoms with Crippen LogP contribution in [-0.2, 0) is 4.79 Å². The first kappa shape index (κ1) is 21.0. The largest absolute Gasteiger partial charge is 0.355 e. The zero-order valence-electron chi connectivity index (χ0n) is 16.7. The fourth-order valence-electron chi connectivity index (χ4n) is 3.57. The SMILES string of the molecule is CC(C)(C)CNC(=O)C1CCC(c2ccc(Cl)cc2)=C(c2ccc(Cl)cc2)C1. The molecule has 0 aliphatic heterocycles. The summed E-state index contributed by atoms with van der Waals surface area (Å²) in [6.07, 6.45) is 2.45. The molecule has 0 aromatic heterocycles. The van der Waals surface area contributed by atoms with Gasteiger partial charge in [0.05, 0.1) is 0 Å². The van der Waals surface area contributed by atoms with Gasteiger partial charge in [-0.2, -0.15) is 0 Å². The van der Waals surface area contributed by atoms with Crippen LogP contribution >= 0.6 is 23.2 Å². The summed E-state index contributed by atoms with van der Waals surface area (Å²) in [6, 6.07) is 15.9. The lowest BCUT2D eigenvalue weighted by molar-refractivity contribution is -0.125. The molecule has 3 rings (SSSR count). The lowest BCUT2D eigenvalue weighted by Crippen LogP contribution is -2.37. The van der Waals surface area contributed by atoms with Crippen LogP contribution in [0.25, 0.3) is 11.1 Å². The van der Waals surface area contributed by atoms with Crippen molar-refractivity contribution < 1.29 is 4.79 Å². The number of carbonyl (C=O) groups excluding carboxylic acids is 1. The highest BCUT2D eigenvalue weighted by Crippen LogP contribution is 2.41. The standard InChI is InChI=1S/C24H27Cl2NO/c1-24(2,3)15-27-23(28)18-8-13-21(16-4-9-19(25)10-5-16)22(14-18)17-6-11-20(26)12-7-17/h4-7,9-12,18H,8,13-15H2,1-3H3,(H,27,28). The van der Waals surface area contributed by atoms with Crippen molar-refractivity contribution in [1.29, 1.82) is 0 Å². The molecule has 4 heteroatoms. The van der Waals surface area contributed by atoms with Gasteiger partial charge in [-0.15, -0.1) is 0 Å². The van der Waals surface area contributed by atoms with Crippen LogP contribution in [0.2, 0.25) is 10.0 Å². The molecule has 2 aromatic carbocycles. The number of rotatable bonds is 4. The van der Waals surface area contributed by atoms with Crippen LogP contribution in [-0.4, -0.2) is 12.5 Å². The third-order valence-electron chi connectivity index (χ3n) is 5.11. The predicted octanol–water partition coefficient (Wildman–Crippen LogP) is 6.87. The molecule has 2 aromatic rings. The summed E-state index contributed by atoms with van der Waals surface area (Å²) in [6.45, 7) is 7.08. The van der Waals surface area contributed by atoms with Gasteiger partial charge in [0.2, 0.25) is 5.91 Å². The quantitative estimate of drug-likeness (QED) is 0.579. The van der Waals surface area contributed by atoms with E-state index in [9.17, 15) is 4.79 Å². The molecular formula is C24H27Cl2NO. The second-order valence-electron chi connectivity index (χ2n) is 8.69. The van der Waals surface area contributed by atoms with Crippen LogP contribution in [0.1, 0.15) is 51.2 Å². The third kappa shape index (κ3) is 5.40. The molecule has 1 amide bonds. The molecule has 0 fully saturated rings. The number of nitrogens with one attached hydrogen (secondary N) is 1. The zero-order chi connectivity index (χ0) is 20.3. The van der Waals surface area contributed by atoms with Crippen LogP contribution in [0.3, 0.4) is 0 Å². The second kappa shape index (κ2) is 8.71. The van der Waals surface area contributed by atoms with Gasteiger partial charge in [-0.3, -0.25) is 4.79 Å². The van der Waals surface area contributed by atoms with E-state index in [1.807, 2.05) is 36.4 Å². The number of hydrogen-bond acceptors (Lipinski definition) is 1. The van der Waals surface area contributed by atoms with Crippen molar-refractivity contribution in [3.63, 3.8) is 0 Å². The Balaban J connectivity index is 1.91. The molecule has 0 bridgehead atoms. The maximum absolute atomic E-state index is 12.8. The summed E-state index contributed by atoms with van der Waals surface area (Å²) in [5.74, 6) is 0.139. The molecule has 1 N–H and O–H groups in total. The molecule has 0 heterocycles. The van der Waals surface area contributed by atoms with Crippen LogP contribution in [0, 0.1) is 11.3 Å². The minimum absolute atomic E-state index is 0.0101. The van der Waals surface area contributed by atoms with Crippen molar-refractivity contribution in [3.8, 4) is 0 Å². The second-order valence-corrected chi connectivity index (χ2v) is 9.56. The lowest BCUT2D eigenvalue weighted by atomic mass is 9.78. The van der Waals surface area contributed by atoms with Gasteiger partial charge in [0.25, 0.3) is 0 Å². The fraction of sp³-hybridized carbons (Fsp3) is 0.375. The third-order valence-corrected chi connectivity index (χ3v) is 5.61. The summed E-state index contributed by atoms with van der Waals surface area (Å²) in [5.41, 5.74) is 4.89. The normalized spacial score (nSPS) is 17.5. The van der Waals surface area contributed by atoms with E-state index in [0.29, 0.717) is 11.6 Å². The Morgan fingerprint density at radius 1 is 0.929 bits per heavy atom. The number of amides is 1. The van der Waals surface area contributed by atoms with Gasteiger partial charge < -0.3 is 5.32 Å². The van der Waals surface area contributed by atoms with Crippen molar-refractivity contribution in [3.05, 3.63) is 69.7 Å². The highest BCUT2D eigenvalue weighted by atomic mass is 35.5. The molecule has 0 spiro atoms. The van der Waals surface area contributed by atoms with E-state index in [2.05, 4.69) is 38.2 Å². The monoisotopic (exact) mass is 415 g/mol. The zero-order valence-corrected chi connectivity index (χ0v) is 18.2. The summed E-state index contributed by atoms with van der Waals surface area (Å²) < 4.78 is 0. The first-order valence-electron chi connectivity index (χ1n) is 9.74. The van der Waals surface area contributed by atoms with Crippen molar-refractivity contribution in [2.24, 2.45) is 11.3 Å². The van der Waals surface area contributed by atoms with Crippen LogP contribution in [0.5, 0.6) is 0 Å². The Hall–Kier alpha value is -1.77. The number of hydrogen-bond donors (Lipinski definition) is 1. The van der Waals surface area contributed by atoms with E-state index >= 15 is 0 Å². The molecule has 0 saturated heterocycles. The molecule has 1 aliphatic carbocycles.